The first-order chi connectivity index (χ1) is 15.6. The number of hydrogen-bond acceptors (Lipinski definition) is 6. The summed E-state index contributed by atoms with van der Waals surface area (Å²) in [6, 6.07) is 14.3. The highest BCUT2D eigenvalue weighted by Crippen LogP contribution is 2.29. The standard InChI is InChI=1S/C24H34N6O2/c1-27(2)17-18-32-22-8-4-3-7-21(22)28-13-15-29(16-14-28)24(31)26-20-10-12-30(19-20)23-9-5-6-11-25-23/h3-9,11,20H,10,12-19H2,1-2H3,(H,26,31). The van der Waals surface area contributed by atoms with Gasteiger partial charge in [-0.2, -0.15) is 0 Å². The van der Waals surface area contributed by atoms with Crippen molar-refractivity contribution < 1.29 is 9.53 Å². The van der Waals surface area contributed by atoms with Crippen LogP contribution in [0.2, 0.25) is 0 Å². The van der Waals surface area contributed by atoms with E-state index in [1.165, 1.54) is 0 Å². The van der Waals surface area contributed by atoms with Gasteiger partial charge in [-0.05, 0) is 44.8 Å². The number of nitrogens with one attached hydrogen (secondary N) is 1. The number of rotatable bonds is 7. The predicted octanol–water partition coefficient (Wildman–Crippen LogP) is 2.13. The van der Waals surface area contributed by atoms with Crippen LogP contribution in [-0.4, -0.2) is 93.4 Å². The smallest absolute Gasteiger partial charge is 0.317 e. The van der Waals surface area contributed by atoms with Gasteiger partial charge >= 0.3 is 6.03 Å². The molecule has 2 aromatic rings. The Bertz CT molecular complexity index is 870. The molecule has 0 aliphatic carbocycles. The third-order valence-corrected chi connectivity index (χ3v) is 6.06. The van der Waals surface area contributed by atoms with Crippen molar-refractivity contribution in [2.45, 2.75) is 12.5 Å². The molecule has 172 valence electrons. The van der Waals surface area contributed by atoms with Crippen LogP contribution < -0.4 is 19.9 Å². The maximum Gasteiger partial charge on any atom is 0.317 e. The van der Waals surface area contributed by atoms with Gasteiger partial charge in [-0.3, -0.25) is 0 Å². The number of piperazine rings is 1. The van der Waals surface area contributed by atoms with Gasteiger partial charge < -0.3 is 29.7 Å². The first-order valence-corrected chi connectivity index (χ1v) is 11.4. The van der Waals surface area contributed by atoms with E-state index in [-0.39, 0.29) is 12.1 Å². The molecule has 8 heteroatoms. The van der Waals surface area contributed by atoms with Crippen LogP contribution in [-0.2, 0) is 0 Å². The van der Waals surface area contributed by atoms with Gasteiger partial charge in [0.25, 0.3) is 0 Å². The van der Waals surface area contributed by atoms with Gasteiger partial charge in [-0.1, -0.05) is 18.2 Å². The Hall–Kier alpha value is -3.00. The van der Waals surface area contributed by atoms with Crippen molar-refractivity contribution in [1.82, 2.24) is 20.1 Å². The highest BCUT2D eigenvalue weighted by Gasteiger charge is 2.28. The van der Waals surface area contributed by atoms with Crippen molar-refractivity contribution in [2.75, 3.05) is 76.3 Å². The molecule has 1 aromatic carbocycles. The minimum Gasteiger partial charge on any atom is -0.490 e. The van der Waals surface area contributed by atoms with Crippen LogP contribution in [0.1, 0.15) is 6.42 Å². The lowest BCUT2D eigenvalue weighted by molar-refractivity contribution is 0.191. The number of amides is 2. The number of hydrogen-bond donors (Lipinski definition) is 1. The zero-order valence-corrected chi connectivity index (χ0v) is 19.1. The summed E-state index contributed by atoms with van der Waals surface area (Å²) in [5.74, 6) is 1.89. The minimum atomic E-state index is 0.0352. The van der Waals surface area contributed by atoms with E-state index in [1.54, 1.807) is 0 Å². The molecule has 3 heterocycles. The summed E-state index contributed by atoms with van der Waals surface area (Å²) < 4.78 is 6.02. The highest BCUT2D eigenvalue weighted by molar-refractivity contribution is 5.75. The molecule has 0 radical (unpaired) electrons. The van der Waals surface area contributed by atoms with Gasteiger partial charge in [-0.25, -0.2) is 9.78 Å². The van der Waals surface area contributed by atoms with Crippen LogP contribution in [0, 0.1) is 0 Å². The van der Waals surface area contributed by atoms with Gasteiger partial charge in [0, 0.05) is 58.1 Å². The van der Waals surface area contributed by atoms with Crippen molar-refractivity contribution in [2.24, 2.45) is 0 Å². The van der Waals surface area contributed by atoms with Gasteiger partial charge in [-0.15, -0.1) is 0 Å². The van der Waals surface area contributed by atoms with Crippen LogP contribution >= 0.6 is 0 Å². The van der Waals surface area contributed by atoms with Gasteiger partial charge in [0.15, 0.2) is 0 Å². The summed E-state index contributed by atoms with van der Waals surface area (Å²) in [6.07, 6.45) is 2.76. The third-order valence-electron chi connectivity index (χ3n) is 6.06. The van der Waals surface area contributed by atoms with E-state index < -0.39 is 0 Å². The van der Waals surface area contributed by atoms with E-state index in [0.717, 1.165) is 56.4 Å². The monoisotopic (exact) mass is 438 g/mol. The summed E-state index contributed by atoms with van der Waals surface area (Å²) in [5.41, 5.74) is 1.10. The molecule has 2 fully saturated rings. The fourth-order valence-electron chi connectivity index (χ4n) is 4.22. The number of carbonyl (C=O) groups excluding carboxylic acids is 1. The van der Waals surface area contributed by atoms with Crippen LogP contribution in [0.4, 0.5) is 16.3 Å². The summed E-state index contributed by atoms with van der Waals surface area (Å²) in [7, 11) is 4.09. The first-order valence-electron chi connectivity index (χ1n) is 11.4. The fourth-order valence-corrected chi connectivity index (χ4v) is 4.22. The van der Waals surface area contributed by atoms with E-state index in [9.17, 15) is 4.79 Å². The molecular formula is C24H34N6O2. The van der Waals surface area contributed by atoms with E-state index in [4.69, 9.17) is 4.74 Å². The van der Waals surface area contributed by atoms with E-state index in [0.29, 0.717) is 19.7 Å². The molecule has 0 spiro atoms. The Labute approximate surface area is 190 Å². The number of anilines is 2. The second-order valence-corrected chi connectivity index (χ2v) is 8.66. The molecule has 2 amide bonds. The molecule has 0 bridgehead atoms. The van der Waals surface area contributed by atoms with E-state index in [2.05, 4.69) is 31.1 Å². The lowest BCUT2D eigenvalue weighted by Gasteiger charge is -2.37. The highest BCUT2D eigenvalue weighted by atomic mass is 16.5. The molecular weight excluding hydrogens is 404 g/mol. The average molecular weight is 439 g/mol. The van der Waals surface area contributed by atoms with Crippen LogP contribution in [0.3, 0.4) is 0 Å². The number of urea groups is 1. The number of likely N-dealkylation sites (N-methyl/N-ethyl adjacent to an activating group) is 1. The molecule has 1 atom stereocenters. The summed E-state index contributed by atoms with van der Waals surface area (Å²) >= 11 is 0. The van der Waals surface area contributed by atoms with Crippen molar-refractivity contribution in [1.29, 1.82) is 0 Å². The molecule has 2 aliphatic rings. The topological polar surface area (TPSA) is 64.2 Å². The molecule has 1 N–H and O–H groups in total. The first kappa shape index (κ1) is 22.2. The minimum absolute atomic E-state index is 0.0352. The average Bonchev–Trinajstić information content (AvgIpc) is 3.28. The van der Waals surface area contributed by atoms with Crippen LogP contribution in [0.25, 0.3) is 0 Å². The molecule has 32 heavy (non-hydrogen) atoms. The van der Waals surface area contributed by atoms with Crippen LogP contribution in [0.15, 0.2) is 48.7 Å². The third kappa shape index (κ3) is 5.62. The molecule has 4 rings (SSSR count). The fraction of sp³-hybridized carbons (Fsp3) is 0.500. The normalized spacial score (nSPS) is 18.8. The zero-order valence-electron chi connectivity index (χ0n) is 19.1. The summed E-state index contributed by atoms with van der Waals surface area (Å²) in [5, 5.41) is 3.22. The number of nitrogens with zero attached hydrogens (tertiary/aromatic N) is 5. The number of benzene rings is 1. The maximum atomic E-state index is 12.8. The Morgan fingerprint density at radius 2 is 1.84 bits per heavy atom. The number of aromatic nitrogens is 1. The van der Waals surface area contributed by atoms with Crippen molar-refractivity contribution in [3.05, 3.63) is 48.7 Å². The molecule has 0 saturated carbocycles. The Morgan fingerprint density at radius 3 is 2.59 bits per heavy atom. The molecule has 8 nitrogen and oxygen atoms in total. The van der Waals surface area contributed by atoms with Gasteiger partial charge in [0.1, 0.15) is 18.2 Å². The number of para-hydroxylation sites is 2. The lowest BCUT2D eigenvalue weighted by Crippen LogP contribution is -2.54. The van der Waals surface area contributed by atoms with E-state index in [1.807, 2.05) is 61.6 Å². The number of pyridine rings is 1. The van der Waals surface area contributed by atoms with Crippen LogP contribution in [0.5, 0.6) is 5.75 Å². The number of carbonyl (C=O) groups is 1. The molecule has 1 aromatic heterocycles. The quantitative estimate of drug-likeness (QED) is 0.715. The Kier molecular flexibility index (Phi) is 7.32. The largest absolute Gasteiger partial charge is 0.490 e. The van der Waals surface area contributed by atoms with Crippen molar-refractivity contribution in [3.63, 3.8) is 0 Å². The second kappa shape index (κ2) is 10.5. The molecule has 2 saturated heterocycles. The maximum absolute atomic E-state index is 12.8. The number of ether oxygens (including phenoxy) is 1. The summed E-state index contributed by atoms with van der Waals surface area (Å²) in [4.78, 5) is 25.8. The van der Waals surface area contributed by atoms with Gasteiger partial charge in [0.2, 0.25) is 0 Å². The SMILES string of the molecule is CN(C)CCOc1ccccc1N1CCN(C(=O)NC2CCN(c3ccccn3)C2)CC1. The van der Waals surface area contributed by atoms with E-state index >= 15 is 0 Å². The molecule has 1 unspecified atom stereocenters. The molecule has 2 aliphatic heterocycles. The summed E-state index contributed by atoms with van der Waals surface area (Å²) in [6.45, 7) is 6.26. The van der Waals surface area contributed by atoms with Crippen molar-refractivity contribution >= 4 is 17.5 Å². The Morgan fingerprint density at radius 1 is 1.06 bits per heavy atom. The van der Waals surface area contributed by atoms with Gasteiger partial charge in [0.05, 0.1) is 5.69 Å². The predicted molar refractivity (Wildman–Crippen MR) is 128 cm³/mol. The zero-order chi connectivity index (χ0) is 22.3. The Balaban J connectivity index is 1.26. The lowest BCUT2D eigenvalue weighted by atomic mass is 10.2. The van der Waals surface area contributed by atoms with Crippen molar-refractivity contribution in [3.8, 4) is 5.75 Å². The second-order valence-electron chi connectivity index (χ2n) is 8.66.